The molecule has 0 aromatic carbocycles. The van der Waals surface area contributed by atoms with Gasteiger partial charge < -0.3 is 15.5 Å². The Morgan fingerprint density at radius 3 is 2.93 bits per heavy atom. The van der Waals surface area contributed by atoms with Crippen LogP contribution in [0.1, 0.15) is 31.2 Å². The van der Waals surface area contributed by atoms with Gasteiger partial charge in [0.2, 0.25) is 10.7 Å². The highest BCUT2D eigenvalue weighted by molar-refractivity contribution is 7.71. The van der Waals surface area contributed by atoms with Gasteiger partial charge in [0.1, 0.15) is 11.9 Å². The number of aromatic nitrogens is 3. The van der Waals surface area contributed by atoms with E-state index in [1.54, 1.807) is 0 Å². The van der Waals surface area contributed by atoms with Crippen LogP contribution in [0.15, 0.2) is 0 Å². The van der Waals surface area contributed by atoms with Gasteiger partial charge in [0.05, 0.1) is 0 Å². The van der Waals surface area contributed by atoms with Crippen LogP contribution in [-0.4, -0.2) is 21.6 Å². The second-order valence-corrected chi connectivity index (χ2v) is 3.62. The standard InChI is InChI=1S/C8H12N4OS/c9-7-10-6(11-8(14)12-7)5-3-1-2-4-13-5/h5H,1-4H2,(H3,9,10,11,12,14). The van der Waals surface area contributed by atoms with Gasteiger partial charge in [0.15, 0.2) is 0 Å². The number of hydrogen-bond acceptors (Lipinski definition) is 5. The first-order valence-electron chi connectivity index (χ1n) is 4.61. The Bertz CT molecular complexity index is 372. The lowest BCUT2D eigenvalue weighted by molar-refractivity contribution is 0.00933. The van der Waals surface area contributed by atoms with Gasteiger partial charge in [-0.2, -0.15) is 4.98 Å². The van der Waals surface area contributed by atoms with Crippen molar-refractivity contribution >= 4 is 18.2 Å². The molecule has 5 nitrogen and oxygen atoms in total. The lowest BCUT2D eigenvalue weighted by atomic mass is 10.1. The summed E-state index contributed by atoms with van der Waals surface area (Å²) in [6.07, 6.45) is 3.21. The molecule has 1 unspecified atom stereocenters. The van der Waals surface area contributed by atoms with Crippen LogP contribution in [0.4, 0.5) is 5.95 Å². The first-order valence-corrected chi connectivity index (χ1v) is 5.02. The van der Waals surface area contributed by atoms with E-state index in [4.69, 9.17) is 22.7 Å². The minimum Gasteiger partial charge on any atom is -0.370 e. The number of H-pyrrole nitrogens is 1. The van der Waals surface area contributed by atoms with Gasteiger partial charge in [0.25, 0.3) is 0 Å². The monoisotopic (exact) mass is 212 g/mol. The summed E-state index contributed by atoms with van der Waals surface area (Å²) in [4.78, 5) is 10.8. The largest absolute Gasteiger partial charge is 0.370 e. The molecule has 1 aliphatic heterocycles. The van der Waals surface area contributed by atoms with Gasteiger partial charge in [-0.1, -0.05) is 0 Å². The smallest absolute Gasteiger partial charge is 0.224 e. The number of hydrogen-bond donors (Lipinski definition) is 2. The molecule has 1 fully saturated rings. The van der Waals surface area contributed by atoms with E-state index in [2.05, 4.69) is 15.0 Å². The molecule has 1 saturated heterocycles. The van der Waals surface area contributed by atoms with Crippen molar-refractivity contribution in [2.45, 2.75) is 25.4 Å². The van der Waals surface area contributed by atoms with Gasteiger partial charge in [-0.05, 0) is 31.5 Å². The molecule has 1 atom stereocenters. The number of nitrogen functional groups attached to an aromatic ring is 1. The summed E-state index contributed by atoms with van der Waals surface area (Å²) in [5.74, 6) is 0.997. The summed E-state index contributed by atoms with van der Waals surface area (Å²) in [7, 11) is 0. The van der Waals surface area contributed by atoms with Crippen molar-refractivity contribution in [1.82, 2.24) is 15.0 Å². The predicted molar refractivity (Wildman–Crippen MR) is 54.2 cm³/mol. The van der Waals surface area contributed by atoms with Crippen LogP contribution < -0.4 is 5.73 Å². The van der Waals surface area contributed by atoms with E-state index in [1.165, 1.54) is 0 Å². The number of aromatic amines is 1. The molecule has 0 aliphatic carbocycles. The topological polar surface area (TPSA) is 76.8 Å². The molecule has 2 heterocycles. The molecule has 0 bridgehead atoms. The molecule has 1 aromatic rings. The van der Waals surface area contributed by atoms with Crippen LogP contribution in [-0.2, 0) is 4.74 Å². The summed E-state index contributed by atoms with van der Waals surface area (Å²) < 4.78 is 5.82. The SMILES string of the molecule is Nc1nc(=S)nc(C2CCCCO2)[nH]1. The highest BCUT2D eigenvalue weighted by Crippen LogP contribution is 2.24. The van der Waals surface area contributed by atoms with E-state index in [0.717, 1.165) is 25.9 Å². The van der Waals surface area contributed by atoms with Crippen LogP contribution >= 0.6 is 12.2 Å². The predicted octanol–water partition coefficient (Wildman–Crippen LogP) is 1.36. The summed E-state index contributed by atoms with van der Waals surface area (Å²) in [6, 6.07) is 0. The van der Waals surface area contributed by atoms with Crippen molar-refractivity contribution in [3.05, 3.63) is 10.6 Å². The van der Waals surface area contributed by atoms with Crippen molar-refractivity contribution < 1.29 is 4.74 Å². The quantitative estimate of drug-likeness (QED) is 0.687. The summed E-state index contributed by atoms with van der Waals surface area (Å²) >= 11 is 4.88. The third-order valence-electron chi connectivity index (χ3n) is 2.17. The first-order chi connectivity index (χ1) is 6.75. The van der Waals surface area contributed by atoms with E-state index in [0.29, 0.717) is 11.8 Å². The zero-order valence-corrected chi connectivity index (χ0v) is 8.51. The highest BCUT2D eigenvalue weighted by atomic mass is 32.1. The van der Waals surface area contributed by atoms with Gasteiger partial charge in [-0.25, -0.2) is 4.98 Å². The van der Waals surface area contributed by atoms with E-state index in [9.17, 15) is 0 Å². The molecule has 0 radical (unpaired) electrons. The molecule has 1 aromatic heterocycles. The zero-order chi connectivity index (χ0) is 9.97. The second-order valence-electron chi connectivity index (χ2n) is 3.26. The Hall–Kier alpha value is -1.01. The molecule has 0 spiro atoms. The highest BCUT2D eigenvalue weighted by Gasteiger charge is 2.18. The molecule has 1 aliphatic rings. The Morgan fingerprint density at radius 1 is 1.43 bits per heavy atom. The van der Waals surface area contributed by atoms with E-state index in [1.807, 2.05) is 0 Å². The minimum absolute atomic E-state index is 0.00394. The normalized spacial score (nSPS) is 22.1. The van der Waals surface area contributed by atoms with Crippen LogP contribution in [0, 0.1) is 4.77 Å². The van der Waals surface area contributed by atoms with Crippen molar-refractivity contribution in [2.24, 2.45) is 0 Å². The molecule has 3 N–H and O–H groups in total. The van der Waals surface area contributed by atoms with Gasteiger partial charge in [-0.3, -0.25) is 0 Å². The number of nitrogens with one attached hydrogen (secondary N) is 1. The molecule has 76 valence electrons. The van der Waals surface area contributed by atoms with Crippen LogP contribution in [0.5, 0.6) is 0 Å². The molecule has 0 saturated carbocycles. The fourth-order valence-corrected chi connectivity index (χ4v) is 1.72. The Morgan fingerprint density at radius 2 is 2.29 bits per heavy atom. The maximum absolute atomic E-state index is 5.55. The maximum atomic E-state index is 5.55. The third-order valence-corrected chi connectivity index (χ3v) is 2.36. The lowest BCUT2D eigenvalue weighted by Gasteiger charge is -2.21. The zero-order valence-electron chi connectivity index (χ0n) is 7.69. The Labute approximate surface area is 86.7 Å². The molecule has 6 heteroatoms. The average molecular weight is 212 g/mol. The summed E-state index contributed by atoms with van der Waals surface area (Å²) in [5, 5.41) is 0. The van der Waals surface area contributed by atoms with Gasteiger partial charge in [-0.15, -0.1) is 0 Å². The molecule has 14 heavy (non-hydrogen) atoms. The van der Waals surface area contributed by atoms with Crippen molar-refractivity contribution in [3.63, 3.8) is 0 Å². The molecule has 2 rings (SSSR count). The maximum Gasteiger partial charge on any atom is 0.224 e. The van der Waals surface area contributed by atoms with Crippen LogP contribution in [0.25, 0.3) is 0 Å². The third kappa shape index (κ3) is 2.08. The van der Waals surface area contributed by atoms with Crippen molar-refractivity contribution in [3.8, 4) is 0 Å². The second kappa shape index (κ2) is 4.02. The first kappa shape index (κ1) is 9.54. The van der Waals surface area contributed by atoms with Crippen LogP contribution in [0.3, 0.4) is 0 Å². The van der Waals surface area contributed by atoms with E-state index < -0.39 is 0 Å². The lowest BCUT2D eigenvalue weighted by Crippen LogP contribution is -2.15. The van der Waals surface area contributed by atoms with E-state index in [-0.39, 0.29) is 10.9 Å². The minimum atomic E-state index is -0.00394. The van der Waals surface area contributed by atoms with Gasteiger partial charge in [0, 0.05) is 6.61 Å². The average Bonchev–Trinajstić information content (AvgIpc) is 2.18. The van der Waals surface area contributed by atoms with Crippen molar-refractivity contribution in [2.75, 3.05) is 12.3 Å². The number of anilines is 1. The number of ether oxygens (including phenoxy) is 1. The number of nitrogens with two attached hydrogens (primary N) is 1. The number of rotatable bonds is 1. The fraction of sp³-hybridized carbons (Fsp3) is 0.625. The summed E-state index contributed by atoms with van der Waals surface area (Å²) in [6.45, 7) is 0.773. The fourth-order valence-electron chi connectivity index (χ4n) is 1.53. The number of nitrogens with zero attached hydrogens (tertiary/aromatic N) is 2. The Kier molecular flexibility index (Phi) is 2.74. The van der Waals surface area contributed by atoms with E-state index >= 15 is 0 Å². The van der Waals surface area contributed by atoms with Crippen LogP contribution in [0.2, 0.25) is 0 Å². The van der Waals surface area contributed by atoms with Crippen molar-refractivity contribution in [1.29, 1.82) is 0 Å². The molecular formula is C8H12N4OS. The molecule has 0 amide bonds. The van der Waals surface area contributed by atoms with Gasteiger partial charge >= 0.3 is 0 Å². The summed E-state index contributed by atoms with van der Waals surface area (Å²) in [5.41, 5.74) is 5.54. The Balaban J connectivity index is 2.26. The molecular weight excluding hydrogens is 200 g/mol.